The molecule has 1 atom stereocenters. The molecule has 2 amide bonds. The van der Waals surface area contributed by atoms with E-state index in [-0.39, 0.29) is 6.54 Å². The molecule has 0 bridgehead atoms. The van der Waals surface area contributed by atoms with Gasteiger partial charge in [-0.1, -0.05) is 5.16 Å². The standard InChI is InChI=1S/C9H13N3O4/c1-5-3-7(16-12-5)4-10-9(15)11-6(2)8(13)14/h3,6H,4H2,1-2H3,(H,13,14)(H2,10,11,15). The average molecular weight is 227 g/mol. The van der Waals surface area contributed by atoms with Gasteiger partial charge in [-0.15, -0.1) is 0 Å². The molecule has 0 aromatic carbocycles. The molecular formula is C9H13N3O4. The number of hydrogen-bond acceptors (Lipinski definition) is 4. The van der Waals surface area contributed by atoms with E-state index in [0.29, 0.717) is 5.76 Å². The maximum atomic E-state index is 11.2. The number of rotatable bonds is 4. The highest BCUT2D eigenvalue weighted by molar-refractivity contribution is 5.82. The van der Waals surface area contributed by atoms with Crippen LogP contribution >= 0.6 is 0 Å². The predicted octanol–water partition coefficient (Wildman–Crippen LogP) is 0.255. The van der Waals surface area contributed by atoms with Crippen LogP contribution in [0.1, 0.15) is 18.4 Å². The molecule has 0 spiro atoms. The zero-order valence-corrected chi connectivity index (χ0v) is 8.98. The molecule has 0 fully saturated rings. The Morgan fingerprint density at radius 2 is 2.31 bits per heavy atom. The fourth-order valence-corrected chi connectivity index (χ4v) is 0.976. The molecule has 0 radical (unpaired) electrons. The largest absolute Gasteiger partial charge is 0.480 e. The Balaban J connectivity index is 2.33. The van der Waals surface area contributed by atoms with Gasteiger partial charge in [0.2, 0.25) is 0 Å². The molecule has 7 heteroatoms. The Hall–Kier alpha value is -2.05. The van der Waals surface area contributed by atoms with Crippen LogP contribution in [0.4, 0.5) is 4.79 Å². The third-order valence-corrected chi connectivity index (χ3v) is 1.82. The second kappa shape index (κ2) is 5.15. The highest BCUT2D eigenvalue weighted by atomic mass is 16.5. The molecule has 1 unspecified atom stereocenters. The molecule has 0 saturated carbocycles. The first kappa shape index (κ1) is 12.0. The van der Waals surface area contributed by atoms with Gasteiger partial charge in [0.25, 0.3) is 0 Å². The number of aryl methyl sites for hydroxylation is 1. The Morgan fingerprint density at radius 1 is 1.62 bits per heavy atom. The van der Waals surface area contributed by atoms with E-state index in [4.69, 9.17) is 9.63 Å². The van der Waals surface area contributed by atoms with Gasteiger partial charge in [-0.3, -0.25) is 4.79 Å². The number of aromatic nitrogens is 1. The van der Waals surface area contributed by atoms with E-state index in [1.54, 1.807) is 13.0 Å². The summed E-state index contributed by atoms with van der Waals surface area (Å²) in [5.74, 6) is -0.582. The zero-order valence-electron chi connectivity index (χ0n) is 8.98. The Bertz CT molecular complexity index is 388. The van der Waals surface area contributed by atoms with E-state index in [1.807, 2.05) is 0 Å². The number of carbonyl (C=O) groups is 2. The van der Waals surface area contributed by atoms with Gasteiger partial charge in [0.05, 0.1) is 12.2 Å². The summed E-state index contributed by atoms with van der Waals surface area (Å²) in [6.07, 6.45) is 0. The number of nitrogens with one attached hydrogen (secondary N) is 2. The van der Waals surface area contributed by atoms with Crippen molar-refractivity contribution in [2.24, 2.45) is 0 Å². The van der Waals surface area contributed by atoms with Crippen molar-refractivity contribution in [3.05, 3.63) is 17.5 Å². The summed E-state index contributed by atoms with van der Waals surface area (Å²) in [7, 11) is 0. The normalized spacial score (nSPS) is 11.9. The molecule has 0 aliphatic carbocycles. The molecule has 3 N–H and O–H groups in total. The topological polar surface area (TPSA) is 104 Å². The minimum Gasteiger partial charge on any atom is -0.480 e. The molecule has 1 rings (SSSR count). The van der Waals surface area contributed by atoms with E-state index in [2.05, 4.69) is 15.8 Å². The lowest BCUT2D eigenvalue weighted by atomic mass is 10.3. The van der Waals surface area contributed by atoms with Crippen LogP contribution in [0.5, 0.6) is 0 Å². The molecule has 0 aliphatic rings. The van der Waals surface area contributed by atoms with Crippen molar-refractivity contribution in [2.75, 3.05) is 0 Å². The van der Waals surface area contributed by atoms with Gasteiger partial charge >= 0.3 is 12.0 Å². The van der Waals surface area contributed by atoms with Crippen LogP contribution in [0.2, 0.25) is 0 Å². The maximum Gasteiger partial charge on any atom is 0.325 e. The zero-order chi connectivity index (χ0) is 12.1. The number of carbonyl (C=O) groups excluding carboxylic acids is 1. The molecule has 7 nitrogen and oxygen atoms in total. The fraction of sp³-hybridized carbons (Fsp3) is 0.444. The minimum atomic E-state index is -1.09. The number of amides is 2. The Kier molecular flexibility index (Phi) is 3.87. The smallest absolute Gasteiger partial charge is 0.325 e. The van der Waals surface area contributed by atoms with Crippen molar-refractivity contribution < 1.29 is 19.2 Å². The van der Waals surface area contributed by atoms with Gasteiger partial charge in [-0.05, 0) is 13.8 Å². The summed E-state index contributed by atoms with van der Waals surface area (Å²) < 4.78 is 4.86. The lowest BCUT2D eigenvalue weighted by molar-refractivity contribution is -0.138. The van der Waals surface area contributed by atoms with Crippen molar-refractivity contribution in [1.29, 1.82) is 0 Å². The lowest BCUT2D eigenvalue weighted by Gasteiger charge is -2.09. The maximum absolute atomic E-state index is 11.2. The highest BCUT2D eigenvalue weighted by Gasteiger charge is 2.13. The number of hydrogen-bond donors (Lipinski definition) is 3. The SMILES string of the molecule is Cc1cc(CNC(=O)NC(C)C(=O)O)on1. The quantitative estimate of drug-likeness (QED) is 0.684. The van der Waals surface area contributed by atoms with Crippen LogP contribution in [0.25, 0.3) is 0 Å². The van der Waals surface area contributed by atoms with Crippen molar-refractivity contribution in [1.82, 2.24) is 15.8 Å². The van der Waals surface area contributed by atoms with E-state index in [9.17, 15) is 9.59 Å². The molecule has 1 aromatic heterocycles. The Labute approximate surface area is 91.8 Å². The molecule has 0 saturated heterocycles. The first-order valence-corrected chi connectivity index (χ1v) is 4.68. The number of aliphatic carboxylic acids is 1. The summed E-state index contributed by atoms with van der Waals surface area (Å²) in [6, 6.07) is 0.182. The predicted molar refractivity (Wildman–Crippen MR) is 53.7 cm³/mol. The van der Waals surface area contributed by atoms with Crippen molar-refractivity contribution in [3.8, 4) is 0 Å². The van der Waals surface area contributed by atoms with E-state index in [1.165, 1.54) is 6.92 Å². The van der Waals surface area contributed by atoms with Gasteiger partial charge in [0.15, 0.2) is 5.76 Å². The second-order valence-corrected chi connectivity index (χ2v) is 3.32. The summed E-state index contributed by atoms with van der Waals surface area (Å²) in [4.78, 5) is 21.6. The highest BCUT2D eigenvalue weighted by Crippen LogP contribution is 2.00. The van der Waals surface area contributed by atoms with E-state index in [0.717, 1.165) is 5.69 Å². The van der Waals surface area contributed by atoms with Gasteiger partial charge in [-0.25, -0.2) is 4.79 Å². The van der Waals surface area contributed by atoms with Crippen LogP contribution in [0, 0.1) is 6.92 Å². The van der Waals surface area contributed by atoms with Gasteiger partial charge in [-0.2, -0.15) is 0 Å². The second-order valence-electron chi connectivity index (χ2n) is 3.32. The van der Waals surface area contributed by atoms with Crippen LogP contribution in [-0.2, 0) is 11.3 Å². The van der Waals surface area contributed by atoms with Crippen LogP contribution in [0.3, 0.4) is 0 Å². The van der Waals surface area contributed by atoms with Crippen LogP contribution in [-0.4, -0.2) is 28.3 Å². The lowest BCUT2D eigenvalue weighted by Crippen LogP contribution is -2.44. The summed E-state index contributed by atoms with van der Waals surface area (Å²) in [5.41, 5.74) is 0.719. The van der Waals surface area contributed by atoms with Gasteiger partial charge in [0, 0.05) is 6.07 Å². The third kappa shape index (κ3) is 3.60. The number of carboxylic acid groups (broad SMARTS) is 1. The Morgan fingerprint density at radius 3 is 2.81 bits per heavy atom. The molecule has 88 valence electrons. The van der Waals surface area contributed by atoms with Crippen molar-refractivity contribution in [3.63, 3.8) is 0 Å². The summed E-state index contributed by atoms with van der Waals surface area (Å²) in [6.45, 7) is 3.30. The molecule has 1 aromatic rings. The molecule has 16 heavy (non-hydrogen) atoms. The van der Waals surface area contributed by atoms with Crippen LogP contribution in [0.15, 0.2) is 10.6 Å². The summed E-state index contributed by atoms with van der Waals surface area (Å²) >= 11 is 0. The number of nitrogens with zero attached hydrogens (tertiary/aromatic N) is 1. The fourth-order valence-electron chi connectivity index (χ4n) is 0.976. The van der Waals surface area contributed by atoms with Gasteiger partial charge in [0.1, 0.15) is 6.04 Å². The molecule has 0 aliphatic heterocycles. The average Bonchev–Trinajstić information content (AvgIpc) is 2.61. The first-order chi connectivity index (χ1) is 7.49. The van der Waals surface area contributed by atoms with E-state index >= 15 is 0 Å². The minimum absolute atomic E-state index is 0.166. The number of carboxylic acids is 1. The number of urea groups is 1. The van der Waals surface area contributed by atoms with Crippen molar-refractivity contribution in [2.45, 2.75) is 26.4 Å². The third-order valence-electron chi connectivity index (χ3n) is 1.82. The molecular weight excluding hydrogens is 214 g/mol. The summed E-state index contributed by atoms with van der Waals surface area (Å²) in [5, 5.41) is 16.9. The van der Waals surface area contributed by atoms with Crippen molar-refractivity contribution >= 4 is 12.0 Å². The molecule has 1 heterocycles. The van der Waals surface area contributed by atoms with E-state index < -0.39 is 18.0 Å². The van der Waals surface area contributed by atoms with Crippen LogP contribution < -0.4 is 10.6 Å². The monoisotopic (exact) mass is 227 g/mol. The first-order valence-electron chi connectivity index (χ1n) is 4.68. The van der Waals surface area contributed by atoms with Gasteiger partial charge < -0.3 is 20.3 Å².